The van der Waals surface area contributed by atoms with Crippen LogP contribution in [0.5, 0.6) is 0 Å². The Balaban J connectivity index is 0. The van der Waals surface area contributed by atoms with Gasteiger partial charge in [0.15, 0.2) is 0 Å². The van der Waals surface area contributed by atoms with Gasteiger partial charge in [0.2, 0.25) is 0 Å². The third-order valence-corrected chi connectivity index (χ3v) is 0. The summed E-state index contributed by atoms with van der Waals surface area (Å²) in [6, 6.07) is 0. The van der Waals surface area contributed by atoms with Crippen LogP contribution in [-0.2, 0) is 55.8 Å². The van der Waals surface area contributed by atoms with Crippen molar-refractivity contribution in [1.82, 2.24) is 0 Å². The van der Waals surface area contributed by atoms with Crippen molar-refractivity contribution in [2.24, 2.45) is 0 Å². The molecule has 5 heteroatoms. The fourth-order valence-corrected chi connectivity index (χ4v) is 0. The molecule has 0 aromatic carbocycles. The Hall–Kier alpha value is 2.08. The van der Waals surface area contributed by atoms with Gasteiger partial charge in [0.1, 0.15) is 0 Å². The predicted molar refractivity (Wildman–Crippen MR) is 1.80 cm³/mol. The molecular formula is HCoLiMnNiO. The van der Waals surface area contributed by atoms with E-state index in [-0.39, 0.29) is 76.1 Å². The summed E-state index contributed by atoms with van der Waals surface area (Å²) in [4.78, 5) is 0. The molecule has 0 rings (SSSR count). The Labute approximate surface area is 75.6 Å². The van der Waals surface area contributed by atoms with Gasteiger partial charge in [-0.15, -0.1) is 0 Å². The van der Waals surface area contributed by atoms with E-state index in [1.807, 2.05) is 0 Å². The second-order valence-electron chi connectivity index (χ2n) is 0. The first-order chi connectivity index (χ1) is 0. The smallest absolute Gasteiger partial charge is 2.00 e. The molecule has 0 aliphatic carbocycles. The average molecular weight is 197 g/mol. The quantitative estimate of drug-likeness (QED) is 0.370. The van der Waals surface area contributed by atoms with E-state index in [0.717, 1.165) is 0 Å². The number of rotatable bonds is 0. The van der Waals surface area contributed by atoms with Crippen LogP contribution in [0.15, 0.2) is 0 Å². The van der Waals surface area contributed by atoms with Crippen molar-refractivity contribution in [3.63, 3.8) is 0 Å². The maximum absolute atomic E-state index is 0. The molecule has 1 nitrogen and oxygen atoms in total. The van der Waals surface area contributed by atoms with Gasteiger partial charge >= 0.3 is 35.6 Å². The van der Waals surface area contributed by atoms with Crippen LogP contribution in [0.25, 0.3) is 0 Å². The van der Waals surface area contributed by atoms with E-state index in [2.05, 4.69) is 0 Å². The molecule has 2 radical (unpaired) electrons. The minimum atomic E-state index is 0. The molecule has 0 fully saturated rings. The molecule has 0 unspecified atom stereocenters. The zero-order valence-electron chi connectivity index (χ0n) is 3.44. The van der Waals surface area contributed by atoms with E-state index in [1.165, 1.54) is 0 Å². The van der Waals surface area contributed by atoms with E-state index >= 15 is 0 Å². The fourth-order valence-electron chi connectivity index (χ4n) is 0. The Bertz CT molecular complexity index is 15.5. The SMILES string of the molecule is [Co+2].[H-].[Li+].[Mn].[Ni].[O-2]. The van der Waals surface area contributed by atoms with Gasteiger partial charge in [-0.05, 0) is 0 Å². The van der Waals surface area contributed by atoms with Crippen molar-refractivity contribution in [2.75, 3.05) is 0 Å². The van der Waals surface area contributed by atoms with Crippen molar-refractivity contribution in [3.8, 4) is 0 Å². The monoisotopic (exact) mass is 196 g/mol. The zero-order chi connectivity index (χ0) is 0. The van der Waals surface area contributed by atoms with Crippen LogP contribution < -0.4 is 18.9 Å². The van der Waals surface area contributed by atoms with Crippen molar-refractivity contribution in [2.45, 2.75) is 0 Å². The predicted octanol–water partition coefficient (Wildman–Crippen LogP) is -3.01. The molecule has 0 heterocycles. The summed E-state index contributed by atoms with van der Waals surface area (Å²) in [5.41, 5.74) is 0. The molecule has 0 amide bonds. The van der Waals surface area contributed by atoms with Crippen LogP contribution in [-0.4, -0.2) is 0 Å². The Morgan fingerprint density at radius 3 is 1.20 bits per heavy atom. The van der Waals surface area contributed by atoms with Gasteiger partial charge in [-0.2, -0.15) is 0 Å². The van der Waals surface area contributed by atoms with E-state index in [9.17, 15) is 0 Å². The van der Waals surface area contributed by atoms with E-state index in [0.29, 0.717) is 0 Å². The van der Waals surface area contributed by atoms with Gasteiger partial charge < -0.3 is 6.90 Å². The molecule has 0 aromatic rings. The average Bonchev–Trinajstić information content (AvgIpc) is 0. The molecule has 0 aliphatic rings. The first-order valence-corrected chi connectivity index (χ1v) is 0. The summed E-state index contributed by atoms with van der Waals surface area (Å²) >= 11 is 0. The molecule has 0 bridgehead atoms. The molecule has 0 aliphatic heterocycles. The topological polar surface area (TPSA) is 28.5 Å². The van der Waals surface area contributed by atoms with Gasteiger partial charge in [-0.3, -0.25) is 0 Å². The molecule has 0 atom stereocenters. The fraction of sp³-hybridized carbons (Fsp3) is 0. The van der Waals surface area contributed by atoms with E-state index in [4.69, 9.17) is 0 Å². The molecule has 0 saturated heterocycles. The Kier molecular flexibility index (Phi) is 440. The summed E-state index contributed by atoms with van der Waals surface area (Å²) in [6.07, 6.45) is 0. The van der Waals surface area contributed by atoms with Crippen LogP contribution in [0.1, 0.15) is 1.43 Å². The second kappa shape index (κ2) is 36.3. The molecule has 5 heavy (non-hydrogen) atoms. The van der Waals surface area contributed by atoms with Crippen LogP contribution in [0.4, 0.5) is 0 Å². The van der Waals surface area contributed by atoms with Gasteiger partial charge in [0.25, 0.3) is 0 Å². The third-order valence-electron chi connectivity index (χ3n) is 0. The molecule has 0 N–H and O–H groups in total. The maximum atomic E-state index is 0. The van der Waals surface area contributed by atoms with Crippen molar-refractivity contribution >= 4 is 0 Å². The third kappa shape index (κ3) is 23.4. The van der Waals surface area contributed by atoms with Crippen LogP contribution >= 0.6 is 0 Å². The first-order valence-electron chi connectivity index (χ1n) is 0. The van der Waals surface area contributed by atoms with E-state index in [1.54, 1.807) is 0 Å². The molecule has 0 aromatic heterocycles. The summed E-state index contributed by atoms with van der Waals surface area (Å²) in [6.45, 7) is 0. The summed E-state index contributed by atoms with van der Waals surface area (Å²) in [7, 11) is 0. The number of hydrogen-bond donors (Lipinski definition) is 0. The molecular weight excluding hydrogens is 196 g/mol. The molecule has 34 valence electrons. The maximum Gasteiger partial charge on any atom is 2.00 e. The molecule has 0 spiro atoms. The Morgan fingerprint density at radius 2 is 1.20 bits per heavy atom. The normalized spacial score (nSPS) is 0. The van der Waals surface area contributed by atoms with Gasteiger partial charge in [-0.1, -0.05) is 0 Å². The van der Waals surface area contributed by atoms with Crippen molar-refractivity contribution in [3.05, 3.63) is 0 Å². The van der Waals surface area contributed by atoms with Gasteiger partial charge in [-0.25, -0.2) is 0 Å². The van der Waals surface area contributed by atoms with Crippen molar-refractivity contribution in [1.29, 1.82) is 0 Å². The van der Waals surface area contributed by atoms with Crippen LogP contribution in [0.2, 0.25) is 0 Å². The summed E-state index contributed by atoms with van der Waals surface area (Å²) in [5, 5.41) is 0. The first kappa shape index (κ1) is 60.6. The van der Waals surface area contributed by atoms with Crippen LogP contribution in [0.3, 0.4) is 0 Å². The largest absolute Gasteiger partial charge is 2.00 e. The standard InChI is InChI=1S/Co.Li.Mn.Ni.O.H/q+2;+1;;;-2;-1. The summed E-state index contributed by atoms with van der Waals surface area (Å²) < 4.78 is 0. The van der Waals surface area contributed by atoms with Crippen molar-refractivity contribution < 1.29 is 76.1 Å². The zero-order valence-corrected chi connectivity index (χ0v) is 5.64. The Morgan fingerprint density at radius 1 is 1.20 bits per heavy atom. The van der Waals surface area contributed by atoms with Gasteiger partial charge in [0, 0.05) is 33.6 Å². The number of hydrogen-bond acceptors (Lipinski definition) is 0. The summed E-state index contributed by atoms with van der Waals surface area (Å²) in [5.74, 6) is 0. The second-order valence-corrected chi connectivity index (χ2v) is 0. The minimum Gasteiger partial charge on any atom is -2.00 e. The van der Waals surface area contributed by atoms with E-state index < -0.39 is 0 Å². The minimum absolute atomic E-state index is 0. The van der Waals surface area contributed by atoms with Gasteiger partial charge in [0.05, 0.1) is 0 Å². The molecule has 0 saturated carbocycles. The van der Waals surface area contributed by atoms with Crippen LogP contribution in [0, 0.1) is 0 Å².